The Kier molecular flexibility index (Phi) is 3.32. The standard InChI is InChI=1S/C22H24S/c1-15-18-10-7-8-11-19(18)16(2)22(15)23(3,4)21-14-13-17-9-5-6-12-20(17)21/h5-15,21H,1-4H3. The van der Waals surface area contributed by atoms with Crippen molar-refractivity contribution in [1.82, 2.24) is 0 Å². The highest BCUT2D eigenvalue weighted by molar-refractivity contribution is 8.36. The molecule has 23 heavy (non-hydrogen) atoms. The van der Waals surface area contributed by atoms with E-state index in [0.717, 1.165) is 0 Å². The Balaban J connectivity index is 1.82. The molecule has 2 aliphatic carbocycles. The van der Waals surface area contributed by atoms with E-state index in [9.17, 15) is 0 Å². The maximum atomic E-state index is 2.51. The Hall–Kier alpha value is -1.73. The van der Waals surface area contributed by atoms with Gasteiger partial charge in [-0.3, -0.25) is 0 Å². The van der Waals surface area contributed by atoms with Gasteiger partial charge in [-0.1, -0.05) is 67.6 Å². The zero-order valence-corrected chi connectivity index (χ0v) is 15.2. The first-order valence-corrected chi connectivity index (χ1v) is 10.8. The molecule has 0 amide bonds. The summed E-state index contributed by atoms with van der Waals surface area (Å²) in [6.45, 7) is 4.72. The Morgan fingerprint density at radius 2 is 1.52 bits per heavy atom. The van der Waals surface area contributed by atoms with Gasteiger partial charge in [0.25, 0.3) is 0 Å². The lowest BCUT2D eigenvalue weighted by Gasteiger charge is -2.42. The largest absolute Gasteiger partial charge is 0.213 e. The third-order valence-electron chi connectivity index (χ3n) is 5.55. The second kappa shape index (κ2) is 5.14. The van der Waals surface area contributed by atoms with Crippen molar-refractivity contribution in [2.75, 3.05) is 12.5 Å². The zero-order chi connectivity index (χ0) is 16.2. The Labute approximate surface area is 141 Å². The van der Waals surface area contributed by atoms with Gasteiger partial charge in [0.2, 0.25) is 0 Å². The predicted octanol–water partition coefficient (Wildman–Crippen LogP) is 6.37. The zero-order valence-electron chi connectivity index (χ0n) is 14.3. The van der Waals surface area contributed by atoms with Gasteiger partial charge in [-0.2, -0.15) is 0 Å². The molecule has 0 bridgehead atoms. The van der Waals surface area contributed by atoms with Gasteiger partial charge in [0.05, 0.1) is 0 Å². The molecule has 2 aromatic rings. The maximum absolute atomic E-state index is 2.51. The fourth-order valence-electron chi connectivity index (χ4n) is 4.53. The van der Waals surface area contributed by atoms with Crippen molar-refractivity contribution in [2.45, 2.75) is 25.0 Å². The van der Waals surface area contributed by atoms with Crippen LogP contribution in [0, 0.1) is 0 Å². The summed E-state index contributed by atoms with van der Waals surface area (Å²) in [5.41, 5.74) is 7.41. The topological polar surface area (TPSA) is 0 Å². The van der Waals surface area contributed by atoms with Crippen LogP contribution in [0.25, 0.3) is 11.6 Å². The fraction of sp³-hybridized carbons (Fsp3) is 0.273. The summed E-state index contributed by atoms with van der Waals surface area (Å²) in [6.07, 6.45) is 9.77. The van der Waals surface area contributed by atoms with Gasteiger partial charge in [-0.05, 0) is 52.2 Å². The van der Waals surface area contributed by atoms with Crippen LogP contribution in [0.3, 0.4) is 0 Å². The van der Waals surface area contributed by atoms with Crippen LogP contribution in [0.15, 0.2) is 59.5 Å². The van der Waals surface area contributed by atoms with Crippen LogP contribution >= 0.6 is 10.0 Å². The van der Waals surface area contributed by atoms with Gasteiger partial charge >= 0.3 is 0 Å². The first-order chi connectivity index (χ1) is 11.0. The minimum absolute atomic E-state index is 0.539. The van der Waals surface area contributed by atoms with Crippen LogP contribution in [0.5, 0.6) is 0 Å². The van der Waals surface area contributed by atoms with Gasteiger partial charge in [0.15, 0.2) is 0 Å². The Morgan fingerprint density at radius 1 is 0.870 bits per heavy atom. The van der Waals surface area contributed by atoms with Gasteiger partial charge in [-0.25, -0.2) is 10.0 Å². The maximum Gasteiger partial charge on any atom is 0.0361 e. The molecule has 0 spiro atoms. The number of benzene rings is 2. The summed E-state index contributed by atoms with van der Waals surface area (Å²) in [4.78, 5) is 1.69. The van der Waals surface area contributed by atoms with Crippen molar-refractivity contribution < 1.29 is 0 Å². The molecule has 0 radical (unpaired) electrons. The summed E-state index contributed by atoms with van der Waals surface area (Å²) in [5.74, 6) is 0.539. The second-order valence-electron chi connectivity index (χ2n) is 7.11. The first kappa shape index (κ1) is 14.8. The molecule has 2 unspecified atom stereocenters. The average Bonchev–Trinajstić information content (AvgIpc) is 3.09. The smallest absolute Gasteiger partial charge is 0.0361 e. The monoisotopic (exact) mass is 320 g/mol. The molecular weight excluding hydrogens is 296 g/mol. The van der Waals surface area contributed by atoms with Crippen molar-refractivity contribution in [3.63, 3.8) is 0 Å². The third kappa shape index (κ3) is 2.06. The number of allylic oxidation sites excluding steroid dienone is 2. The molecule has 2 atom stereocenters. The quantitative estimate of drug-likeness (QED) is 0.603. The van der Waals surface area contributed by atoms with Crippen LogP contribution in [0.2, 0.25) is 0 Å². The normalized spacial score (nSPS) is 23.1. The molecule has 0 N–H and O–H groups in total. The van der Waals surface area contributed by atoms with Crippen LogP contribution in [0.4, 0.5) is 0 Å². The molecule has 0 nitrogen and oxygen atoms in total. The molecule has 1 heteroatoms. The summed E-state index contributed by atoms with van der Waals surface area (Å²) in [7, 11) is -0.925. The van der Waals surface area contributed by atoms with E-state index in [1.165, 1.54) is 27.8 Å². The van der Waals surface area contributed by atoms with E-state index in [2.05, 4.69) is 87.0 Å². The van der Waals surface area contributed by atoms with Gasteiger partial charge in [0, 0.05) is 11.2 Å². The van der Waals surface area contributed by atoms with Gasteiger partial charge in [0.1, 0.15) is 0 Å². The SMILES string of the molecule is CC1=C(S(C)(C)C2C=Cc3ccccc32)C(C)c2ccccc21. The molecule has 0 aromatic heterocycles. The minimum Gasteiger partial charge on any atom is -0.213 e. The molecule has 2 aromatic carbocycles. The summed E-state index contributed by atoms with van der Waals surface area (Å²) in [5, 5.41) is 0.542. The van der Waals surface area contributed by atoms with E-state index in [1.54, 1.807) is 4.91 Å². The lowest BCUT2D eigenvalue weighted by Crippen LogP contribution is -2.11. The molecular formula is C22H24S. The lowest BCUT2D eigenvalue weighted by molar-refractivity contribution is 0.967. The highest BCUT2D eigenvalue weighted by atomic mass is 32.3. The van der Waals surface area contributed by atoms with Gasteiger partial charge in [-0.15, -0.1) is 0 Å². The van der Waals surface area contributed by atoms with Gasteiger partial charge < -0.3 is 0 Å². The number of hydrogen-bond donors (Lipinski definition) is 0. The average molecular weight is 321 g/mol. The van der Waals surface area contributed by atoms with Crippen LogP contribution in [-0.2, 0) is 0 Å². The van der Waals surface area contributed by atoms with Crippen LogP contribution < -0.4 is 0 Å². The van der Waals surface area contributed by atoms with Crippen molar-refractivity contribution in [1.29, 1.82) is 0 Å². The molecule has 4 rings (SSSR count). The van der Waals surface area contributed by atoms with E-state index >= 15 is 0 Å². The second-order valence-corrected chi connectivity index (χ2v) is 10.9. The van der Waals surface area contributed by atoms with Crippen molar-refractivity contribution >= 4 is 21.7 Å². The van der Waals surface area contributed by atoms with Crippen molar-refractivity contribution in [2.24, 2.45) is 0 Å². The molecule has 0 heterocycles. The van der Waals surface area contributed by atoms with E-state index in [0.29, 0.717) is 11.2 Å². The minimum atomic E-state index is -0.925. The van der Waals surface area contributed by atoms with Crippen molar-refractivity contribution in [3.05, 3.63) is 81.8 Å². The van der Waals surface area contributed by atoms with E-state index in [-0.39, 0.29) is 0 Å². The molecule has 0 aliphatic heterocycles. The first-order valence-electron chi connectivity index (χ1n) is 8.31. The lowest BCUT2D eigenvalue weighted by atomic mass is 10.0. The molecule has 118 valence electrons. The van der Waals surface area contributed by atoms with Crippen LogP contribution in [0.1, 0.15) is 47.3 Å². The summed E-state index contributed by atoms with van der Waals surface area (Å²) < 4.78 is 0. The number of fused-ring (bicyclic) bond motifs is 2. The summed E-state index contributed by atoms with van der Waals surface area (Å²) in [6, 6.07) is 17.8. The Morgan fingerprint density at radius 3 is 2.26 bits per heavy atom. The van der Waals surface area contributed by atoms with Crippen molar-refractivity contribution in [3.8, 4) is 0 Å². The number of rotatable bonds is 2. The highest BCUT2D eigenvalue weighted by Gasteiger charge is 2.38. The number of hydrogen-bond acceptors (Lipinski definition) is 0. The molecule has 0 fully saturated rings. The Bertz CT molecular complexity index is 839. The molecule has 0 saturated carbocycles. The van der Waals surface area contributed by atoms with E-state index < -0.39 is 10.0 Å². The highest BCUT2D eigenvalue weighted by Crippen LogP contribution is 2.69. The summed E-state index contributed by atoms with van der Waals surface area (Å²) >= 11 is 0. The van der Waals surface area contributed by atoms with E-state index in [1.807, 2.05) is 0 Å². The fourth-order valence-corrected chi connectivity index (χ4v) is 8.06. The third-order valence-corrected chi connectivity index (χ3v) is 9.02. The predicted molar refractivity (Wildman–Crippen MR) is 105 cm³/mol. The molecule has 0 saturated heterocycles. The molecule has 2 aliphatic rings. The van der Waals surface area contributed by atoms with Crippen LogP contribution in [-0.4, -0.2) is 12.5 Å². The van der Waals surface area contributed by atoms with E-state index in [4.69, 9.17) is 0 Å².